The lowest BCUT2D eigenvalue weighted by Gasteiger charge is -2.46. The molecule has 1 aromatic carbocycles. The summed E-state index contributed by atoms with van der Waals surface area (Å²) in [5.41, 5.74) is 2.20. The second-order valence-electron chi connectivity index (χ2n) is 7.54. The zero-order valence-corrected chi connectivity index (χ0v) is 14.8. The zero-order valence-electron chi connectivity index (χ0n) is 14.1. The van der Waals surface area contributed by atoms with E-state index in [0.29, 0.717) is 6.04 Å². The van der Waals surface area contributed by atoms with Gasteiger partial charge in [0, 0.05) is 29.3 Å². The number of rotatable bonds is 2. The number of hydrogen-bond donors (Lipinski definition) is 1. The number of nitrogens with one attached hydrogen (secondary N) is 1. The molecule has 23 heavy (non-hydrogen) atoms. The van der Waals surface area contributed by atoms with Crippen molar-refractivity contribution >= 4 is 23.4 Å². The Kier molecular flexibility index (Phi) is 4.45. The van der Waals surface area contributed by atoms with E-state index in [0.717, 1.165) is 37.3 Å². The lowest BCUT2D eigenvalue weighted by Crippen LogP contribution is -2.55. The van der Waals surface area contributed by atoms with E-state index in [-0.39, 0.29) is 12.1 Å². The first-order chi connectivity index (χ1) is 10.8. The van der Waals surface area contributed by atoms with Gasteiger partial charge in [0.2, 0.25) is 0 Å². The third-order valence-electron chi connectivity index (χ3n) is 4.47. The summed E-state index contributed by atoms with van der Waals surface area (Å²) < 4.78 is 5.32. The molecule has 1 amide bonds. The van der Waals surface area contributed by atoms with Gasteiger partial charge in [-0.3, -0.25) is 0 Å². The Bertz CT molecular complexity index is 591. The third-order valence-corrected chi connectivity index (χ3v) is 4.71. The van der Waals surface area contributed by atoms with Crippen LogP contribution in [0, 0.1) is 0 Å². The van der Waals surface area contributed by atoms with E-state index >= 15 is 0 Å². The van der Waals surface area contributed by atoms with Gasteiger partial charge in [-0.15, -0.1) is 0 Å². The molecule has 0 spiro atoms. The number of halogens is 1. The molecule has 1 aliphatic carbocycles. The number of anilines is 1. The van der Waals surface area contributed by atoms with Crippen molar-refractivity contribution in [1.82, 2.24) is 5.32 Å². The number of carbonyl (C=O) groups is 1. The largest absolute Gasteiger partial charge is 0.444 e. The van der Waals surface area contributed by atoms with Crippen molar-refractivity contribution in [2.45, 2.75) is 64.1 Å². The van der Waals surface area contributed by atoms with Gasteiger partial charge in [-0.05, 0) is 70.2 Å². The summed E-state index contributed by atoms with van der Waals surface area (Å²) >= 11 is 6.11. The van der Waals surface area contributed by atoms with Crippen LogP contribution in [0.2, 0.25) is 5.02 Å². The van der Waals surface area contributed by atoms with Crippen LogP contribution >= 0.6 is 11.6 Å². The van der Waals surface area contributed by atoms with E-state index in [1.807, 2.05) is 26.8 Å². The Balaban J connectivity index is 1.56. The summed E-state index contributed by atoms with van der Waals surface area (Å²) in [5.74, 6) is 0. The lowest BCUT2D eigenvalue weighted by atomic mass is 9.83. The standard InChI is InChI=1S/C18H25ClN2O2/c1-18(2,3)23-17(22)20-14-10-15(11-14)21-8-4-5-12-9-13(19)6-7-16(12)21/h6-7,9,14-15H,4-5,8,10-11H2,1-3H3,(H,20,22). The average molecular weight is 337 g/mol. The normalized spacial score (nSPS) is 23.7. The number of fused-ring (bicyclic) bond motifs is 1. The average Bonchev–Trinajstić information content (AvgIpc) is 2.39. The van der Waals surface area contributed by atoms with Crippen LogP contribution in [0.15, 0.2) is 18.2 Å². The van der Waals surface area contributed by atoms with E-state index in [2.05, 4.69) is 22.3 Å². The Morgan fingerprint density at radius 2 is 2.09 bits per heavy atom. The summed E-state index contributed by atoms with van der Waals surface area (Å²) in [6.07, 6.45) is 3.89. The quantitative estimate of drug-likeness (QED) is 0.882. The van der Waals surface area contributed by atoms with Crippen LogP contribution < -0.4 is 10.2 Å². The summed E-state index contributed by atoms with van der Waals surface area (Å²) in [6, 6.07) is 6.89. The second kappa shape index (κ2) is 6.23. The fourth-order valence-electron chi connectivity index (χ4n) is 3.41. The highest BCUT2D eigenvalue weighted by Crippen LogP contribution is 2.36. The molecule has 1 aliphatic heterocycles. The van der Waals surface area contributed by atoms with Gasteiger partial charge in [0.1, 0.15) is 5.60 Å². The molecular weight excluding hydrogens is 312 g/mol. The van der Waals surface area contributed by atoms with E-state index in [9.17, 15) is 4.79 Å². The van der Waals surface area contributed by atoms with Gasteiger partial charge in [-0.1, -0.05) is 11.6 Å². The molecule has 1 N–H and O–H groups in total. The molecule has 0 bridgehead atoms. The highest BCUT2D eigenvalue weighted by atomic mass is 35.5. The predicted octanol–water partition coefficient (Wildman–Crippen LogP) is 4.15. The number of hydrogen-bond acceptors (Lipinski definition) is 3. The van der Waals surface area contributed by atoms with E-state index in [1.54, 1.807) is 0 Å². The van der Waals surface area contributed by atoms with Crippen molar-refractivity contribution < 1.29 is 9.53 Å². The van der Waals surface area contributed by atoms with E-state index in [4.69, 9.17) is 16.3 Å². The minimum Gasteiger partial charge on any atom is -0.444 e. The number of aryl methyl sites for hydroxylation is 1. The number of nitrogens with zero attached hydrogens (tertiary/aromatic N) is 1. The van der Waals surface area contributed by atoms with Crippen molar-refractivity contribution in [3.8, 4) is 0 Å². The minimum absolute atomic E-state index is 0.215. The molecule has 1 heterocycles. The van der Waals surface area contributed by atoms with Crippen molar-refractivity contribution in [3.63, 3.8) is 0 Å². The molecule has 3 rings (SSSR count). The van der Waals surface area contributed by atoms with Gasteiger partial charge < -0.3 is 15.0 Å². The van der Waals surface area contributed by atoms with Crippen LogP contribution in [0.5, 0.6) is 0 Å². The molecule has 1 saturated carbocycles. The monoisotopic (exact) mass is 336 g/mol. The number of benzene rings is 1. The smallest absolute Gasteiger partial charge is 0.407 e. The predicted molar refractivity (Wildman–Crippen MR) is 93.3 cm³/mol. The van der Waals surface area contributed by atoms with Crippen LogP contribution in [-0.4, -0.2) is 30.3 Å². The first kappa shape index (κ1) is 16.4. The maximum absolute atomic E-state index is 11.8. The molecule has 0 saturated heterocycles. The first-order valence-electron chi connectivity index (χ1n) is 8.36. The summed E-state index contributed by atoms with van der Waals surface area (Å²) in [5, 5.41) is 3.78. The molecular formula is C18H25ClN2O2. The lowest BCUT2D eigenvalue weighted by molar-refractivity contribution is 0.0470. The fourth-order valence-corrected chi connectivity index (χ4v) is 3.60. The molecule has 4 nitrogen and oxygen atoms in total. The first-order valence-corrected chi connectivity index (χ1v) is 8.74. The van der Waals surface area contributed by atoms with Crippen LogP contribution in [0.3, 0.4) is 0 Å². The van der Waals surface area contributed by atoms with Gasteiger partial charge in [0.15, 0.2) is 0 Å². The van der Waals surface area contributed by atoms with Crippen LogP contribution in [0.1, 0.15) is 45.6 Å². The maximum atomic E-state index is 11.8. The highest BCUT2D eigenvalue weighted by molar-refractivity contribution is 6.30. The Labute approximate surface area is 143 Å². The molecule has 1 aromatic rings. The summed E-state index contributed by atoms with van der Waals surface area (Å²) in [6.45, 7) is 6.72. The van der Waals surface area contributed by atoms with Gasteiger partial charge in [-0.2, -0.15) is 0 Å². The van der Waals surface area contributed by atoms with Gasteiger partial charge in [0.25, 0.3) is 0 Å². The molecule has 0 unspecified atom stereocenters. The van der Waals surface area contributed by atoms with Crippen LogP contribution in [0.4, 0.5) is 10.5 Å². The van der Waals surface area contributed by atoms with Crippen molar-refractivity contribution in [1.29, 1.82) is 0 Å². The fraction of sp³-hybridized carbons (Fsp3) is 0.611. The summed E-state index contributed by atoms with van der Waals surface area (Å²) in [4.78, 5) is 14.3. The zero-order chi connectivity index (χ0) is 16.6. The second-order valence-corrected chi connectivity index (χ2v) is 7.97. The molecule has 1 fully saturated rings. The number of alkyl carbamates (subject to hydrolysis) is 1. The Hall–Kier alpha value is -1.42. The Morgan fingerprint density at radius 3 is 2.78 bits per heavy atom. The number of ether oxygens (including phenoxy) is 1. The molecule has 5 heteroatoms. The van der Waals surface area contributed by atoms with Crippen molar-refractivity contribution in [3.05, 3.63) is 28.8 Å². The van der Waals surface area contributed by atoms with Gasteiger partial charge in [-0.25, -0.2) is 4.79 Å². The van der Waals surface area contributed by atoms with Crippen LogP contribution in [0.25, 0.3) is 0 Å². The van der Waals surface area contributed by atoms with Crippen molar-refractivity contribution in [2.75, 3.05) is 11.4 Å². The highest BCUT2D eigenvalue weighted by Gasteiger charge is 2.37. The Morgan fingerprint density at radius 1 is 1.35 bits per heavy atom. The van der Waals surface area contributed by atoms with Gasteiger partial charge in [0.05, 0.1) is 0 Å². The van der Waals surface area contributed by atoms with Crippen molar-refractivity contribution in [2.24, 2.45) is 0 Å². The number of amides is 1. The minimum atomic E-state index is -0.446. The van der Waals surface area contributed by atoms with E-state index < -0.39 is 5.60 Å². The molecule has 126 valence electrons. The summed E-state index contributed by atoms with van der Waals surface area (Å²) in [7, 11) is 0. The number of carbonyl (C=O) groups excluding carboxylic acids is 1. The molecule has 0 atom stereocenters. The van der Waals surface area contributed by atoms with E-state index in [1.165, 1.54) is 11.3 Å². The van der Waals surface area contributed by atoms with Crippen LogP contribution in [-0.2, 0) is 11.2 Å². The molecule has 0 radical (unpaired) electrons. The maximum Gasteiger partial charge on any atom is 0.407 e. The molecule has 2 aliphatic rings. The molecule has 0 aromatic heterocycles. The third kappa shape index (κ3) is 3.92. The SMILES string of the molecule is CC(C)(C)OC(=O)NC1CC(N2CCCc3cc(Cl)ccc32)C1. The van der Waals surface area contributed by atoms with Gasteiger partial charge >= 0.3 is 6.09 Å². The topological polar surface area (TPSA) is 41.6 Å².